The first-order chi connectivity index (χ1) is 12.5. The minimum Gasteiger partial charge on any atom is -0.497 e. The molecule has 0 aliphatic rings. The molecule has 26 heavy (non-hydrogen) atoms. The Morgan fingerprint density at radius 3 is 2.69 bits per heavy atom. The van der Waals surface area contributed by atoms with Crippen LogP contribution in [0.3, 0.4) is 0 Å². The van der Waals surface area contributed by atoms with Crippen LogP contribution < -0.4 is 15.6 Å². The predicted molar refractivity (Wildman–Crippen MR) is 98.4 cm³/mol. The van der Waals surface area contributed by atoms with Gasteiger partial charge < -0.3 is 10.1 Å². The van der Waals surface area contributed by atoms with E-state index in [0.717, 1.165) is 16.0 Å². The fraction of sp³-hybridized carbons (Fsp3) is 0.222. The van der Waals surface area contributed by atoms with Crippen LogP contribution in [-0.2, 0) is 11.3 Å². The summed E-state index contributed by atoms with van der Waals surface area (Å²) in [4.78, 5) is 24.7. The number of hydrogen-bond donors (Lipinski definition) is 1. The highest BCUT2D eigenvalue weighted by Crippen LogP contribution is 2.18. The van der Waals surface area contributed by atoms with Crippen molar-refractivity contribution < 1.29 is 9.53 Å². The standard InChI is InChI=1S/C18H17ClN4O3/c1-11(12-6-8-13(26-2)9-7-12)20-16(24)10-23-18(25)14-4-3-5-15(19)17(14)21-22-23/h3-9,11H,10H2,1-2H3,(H,20,24)/t11-/m0/s1. The Hall–Kier alpha value is -2.93. The number of carbonyl (C=O) groups excluding carboxylic acids is 1. The van der Waals surface area contributed by atoms with Crippen LogP contribution in [-0.4, -0.2) is 28.0 Å². The van der Waals surface area contributed by atoms with Gasteiger partial charge in [-0.15, -0.1) is 5.10 Å². The van der Waals surface area contributed by atoms with Crippen molar-refractivity contribution in [2.24, 2.45) is 0 Å². The second-order valence-electron chi connectivity index (χ2n) is 5.75. The fourth-order valence-corrected chi connectivity index (χ4v) is 2.78. The summed E-state index contributed by atoms with van der Waals surface area (Å²) in [6.07, 6.45) is 0. The molecule has 134 valence electrons. The molecule has 0 fully saturated rings. The van der Waals surface area contributed by atoms with Crippen LogP contribution in [0.4, 0.5) is 0 Å². The highest BCUT2D eigenvalue weighted by Gasteiger charge is 2.14. The minimum absolute atomic E-state index is 0.227. The molecule has 0 bridgehead atoms. The second kappa shape index (κ2) is 7.53. The van der Waals surface area contributed by atoms with Crippen LogP contribution in [0.25, 0.3) is 10.9 Å². The van der Waals surface area contributed by atoms with Crippen LogP contribution in [0.15, 0.2) is 47.3 Å². The van der Waals surface area contributed by atoms with Gasteiger partial charge in [0.25, 0.3) is 5.56 Å². The third-order valence-electron chi connectivity index (χ3n) is 3.99. The summed E-state index contributed by atoms with van der Waals surface area (Å²) in [5, 5.41) is 11.2. The van der Waals surface area contributed by atoms with Crippen LogP contribution in [0.2, 0.25) is 5.02 Å². The van der Waals surface area contributed by atoms with Crippen molar-refractivity contribution in [2.45, 2.75) is 19.5 Å². The molecule has 0 aliphatic carbocycles. The number of hydrogen-bond acceptors (Lipinski definition) is 5. The Kier molecular flexibility index (Phi) is 5.18. The van der Waals surface area contributed by atoms with Crippen molar-refractivity contribution in [1.82, 2.24) is 20.3 Å². The van der Waals surface area contributed by atoms with E-state index in [9.17, 15) is 9.59 Å². The molecule has 1 amide bonds. The zero-order chi connectivity index (χ0) is 18.7. The number of rotatable bonds is 5. The summed E-state index contributed by atoms with van der Waals surface area (Å²) in [6, 6.07) is 12.0. The molecule has 3 aromatic rings. The second-order valence-corrected chi connectivity index (χ2v) is 6.16. The maximum atomic E-state index is 12.5. The lowest BCUT2D eigenvalue weighted by molar-refractivity contribution is -0.122. The third kappa shape index (κ3) is 3.67. The molecule has 1 aromatic heterocycles. The van der Waals surface area contributed by atoms with Gasteiger partial charge in [-0.3, -0.25) is 9.59 Å². The lowest BCUT2D eigenvalue weighted by atomic mass is 10.1. The number of ether oxygens (including phenoxy) is 1. The number of benzene rings is 2. The zero-order valence-corrected chi connectivity index (χ0v) is 15.0. The summed E-state index contributed by atoms with van der Waals surface area (Å²) in [5.74, 6) is 0.398. The first kappa shape index (κ1) is 17.9. The average Bonchev–Trinajstić information content (AvgIpc) is 2.64. The SMILES string of the molecule is COc1ccc([C@H](C)NC(=O)Cn2nnc3c(Cl)cccc3c2=O)cc1. The van der Waals surface area contributed by atoms with Gasteiger partial charge >= 0.3 is 0 Å². The van der Waals surface area contributed by atoms with Gasteiger partial charge in [0.1, 0.15) is 17.8 Å². The Bertz CT molecular complexity index is 1000. The van der Waals surface area contributed by atoms with Gasteiger partial charge in [-0.2, -0.15) is 0 Å². The molecular weight excluding hydrogens is 356 g/mol. The number of halogens is 1. The van der Waals surface area contributed by atoms with Gasteiger partial charge in [-0.05, 0) is 36.8 Å². The summed E-state index contributed by atoms with van der Waals surface area (Å²) in [7, 11) is 1.59. The van der Waals surface area contributed by atoms with Gasteiger partial charge in [0.05, 0.1) is 23.6 Å². The lowest BCUT2D eigenvalue weighted by Gasteiger charge is -2.15. The topological polar surface area (TPSA) is 86.1 Å². The first-order valence-electron chi connectivity index (χ1n) is 7.95. The molecule has 7 nitrogen and oxygen atoms in total. The number of aromatic nitrogens is 3. The van der Waals surface area contributed by atoms with E-state index in [-0.39, 0.29) is 18.5 Å². The van der Waals surface area contributed by atoms with Crippen molar-refractivity contribution in [3.63, 3.8) is 0 Å². The van der Waals surface area contributed by atoms with Gasteiger partial charge in [-0.1, -0.05) is 35.0 Å². The molecule has 0 radical (unpaired) electrons. The van der Waals surface area contributed by atoms with Crippen LogP contribution in [0.1, 0.15) is 18.5 Å². The van der Waals surface area contributed by atoms with Gasteiger partial charge in [0, 0.05) is 0 Å². The third-order valence-corrected chi connectivity index (χ3v) is 4.30. The van der Waals surface area contributed by atoms with E-state index >= 15 is 0 Å². The molecule has 1 atom stereocenters. The summed E-state index contributed by atoms with van der Waals surface area (Å²) in [5.41, 5.74) is 0.829. The quantitative estimate of drug-likeness (QED) is 0.742. The normalized spacial score (nSPS) is 12.0. The Labute approximate surface area is 154 Å². The molecule has 0 saturated carbocycles. The van der Waals surface area contributed by atoms with E-state index in [1.165, 1.54) is 0 Å². The van der Waals surface area contributed by atoms with Gasteiger partial charge in [0.15, 0.2) is 0 Å². The number of fused-ring (bicyclic) bond motifs is 1. The van der Waals surface area contributed by atoms with E-state index in [4.69, 9.17) is 16.3 Å². The smallest absolute Gasteiger partial charge is 0.278 e. The molecule has 0 saturated heterocycles. The van der Waals surface area contributed by atoms with Crippen LogP contribution in [0.5, 0.6) is 5.75 Å². The molecule has 0 unspecified atom stereocenters. The van der Waals surface area contributed by atoms with E-state index in [2.05, 4.69) is 15.6 Å². The predicted octanol–water partition coefficient (Wildman–Crippen LogP) is 2.33. The van der Waals surface area contributed by atoms with Gasteiger partial charge in [-0.25, -0.2) is 4.68 Å². The van der Waals surface area contributed by atoms with Crippen molar-refractivity contribution in [2.75, 3.05) is 7.11 Å². The fourth-order valence-electron chi connectivity index (χ4n) is 2.57. The summed E-state index contributed by atoms with van der Waals surface area (Å²) < 4.78 is 6.14. The average molecular weight is 373 g/mol. The maximum absolute atomic E-state index is 12.5. The first-order valence-corrected chi connectivity index (χ1v) is 8.32. The van der Waals surface area contributed by atoms with Crippen molar-refractivity contribution in [3.05, 3.63) is 63.4 Å². The molecule has 3 rings (SSSR count). The highest BCUT2D eigenvalue weighted by atomic mass is 35.5. The number of carbonyl (C=O) groups is 1. The molecule has 8 heteroatoms. The number of nitrogens with one attached hydrogen (secondary N) is 1. The number of nitrogens with zero attached hydrogens (tertiary/aromatic N) is 3. The largest absolute Gasteiger partial charge is 0.497 e. The molecule has 1 heterocycles. The molecule has 0 spiro atoms. The van der Waals surface area contributed by atoms with Crippen LogP contribution in [0, 0.1) is 0 Å². The van der Waals surface area contributed by atoms with Crippen LogP contribution >= 0.6 is 11.6 Å². The minimum atomic E-state index is -0.412. The van der Waals surface area contributed by atoms with Crippen molar-refractivity contribution in [3.8, 4) is 5.75 Å². The Morgan fingerprint density at radius 1 is 1.27 bits per heavy atom. The van der Waals surface area contributed by atoms with E-state index in [1.54, 1.807) is 25.3 Å². The van der Waals surface area contributed by atoms with E-state index in [0.29, 0.717) is 15.9 Å². The van der Waals surface area contributed by atoms with Crippen molar-refractivity contribution in [1.29, 1.82) is 0 Å². The Balaban J connectivity index is 1.74. The number of amides is 1. The van der Waals surface area contributed by atoms with Crippen molar-refractivity contribution >= 4 is 28.4 Å². The maximum Gasteiger partial charge on any atom is 0.278 e. The lowest BCUT2D eigenvalue weighted by Crippen LogP contribution is -2.35. The molecule has 1 N–H and O–H groups in total. The highest BCUT2D eigenvalue weighted by molar-refractivity contribution is 6.34. The monoisotopic (exact) mass is 372 g/mol. The Morgan fingerprint density at radius 2 is 2.00 bits per heavy atom. The van der Waals surface area contributed by atoms with Gasteiger partial charge in [0.2, 0.25) is 5.91 Å². The molecule has 0 aliphatic heterocycles. The summed E-state index contributed by atoms with van der Waals surface area (Å²) >= 11 is 6.01. The van der Waals surface area contributed by atoms with E-state index in [1.807, 2.05) is 31.2 Å². The summed E-state index contributed by atoms with van der Waals surface area (Å²) in [6.45, 7) is 1.63. The zero-order valence-electron chi connectivity index (χ0n) is 14.3. The molecule has 2 aromatic carbocycles. The molecular formula is C18H17ClN4O3. The van der Waals surface area contributed by atoms with E-state index < -0.39 is 5.56 Å². The number of methoxy groups -OCH3 is 1.